The summed E-state index contributed by atoms with van der Waals surface area (Å²) in [7, 11) is -3.26. The SMILES string of the molecule is Cc1cn([C@@H]2O[C@@]3(COP(=O)(O)O)CN(C)O[C@@H]2[C@@H]3O)c(=O)[nH]c1=O. The normalized spacial score (nSPS) is 32.9. The summed E-state index contributed by atoms with van der Waals surface area (Å²) in [4.78, 5) is 49.1. The van der Waals surface area contributed by atoms with E-state index in [0.717, 1.165) is 4.57 Å². The van der Waals surface area contributed by atoms with Gasteiger partial charge in [-0.2, -0.15) is 5.06 Å². The fourth-order valence-electron chi connectivity index (χ4n) is 3.04. The number of fused-ring (bicyclic) bond motifs is 2. The fourth-order valence-corrected chi connectivity index (χ4v) is 3.43. The second-order valence-corrected chi connectivity index (χ2v) is 7.36. The molecule has 2 bridgehead atoms. The molecule has 140 valence electrons. The van der Waals surface area contributed by atoms with Gasteiger partial charge in [0.15, 0.2) is 12.3 Å². The lowest BCUT2D eigenvalue weighted by molar-refractivity contribution is -0.256. The maximum Gasteiger partial charge on any atom is 0.469 e. The van der Waals surface area contributed by atoms with Crippen LogP contribution in [0.3, 0.4) is 0 Å². The Morgan fingerprint density at radius 3 is 2.80 bits per heavy atom. The lowest BCUT2D eigenvalue weighted by atomic mass is 9.94. The molecule has 3 rings (SSSR count). The number of H-pyrrole nitrogens is 1. The molecule has 3 heterocycles. The van der Waals surface area contributed by atoms with Gasteiger partial charge in [0.05, 0.1) is 13.2 Å². The number of ether oxygens (including phenoxy) is 1. The predicted molar refractivity (Wildman–Crippen MR) is 80.4 cm³/mol. The minimum atomic E-state index is -4.80. The van der Waals surface area contributed by atoms with Gasteiger partial charge in [0.25, 0.3) is 5.56 Å². The van der Waals surface area contributed by atoms with E-state index in [1.54, 1.807) is 0 Å². The van der Waals surface area contributed by atoms with Gasteiger partial charge in [-0.1, -0.05) is 0 Å². The van der Waals surface area contributed by atoms with Gasteiger partial charge >= 0.3 is 13.5 Å². The highest BCUT2D eigenvalue weighted by atomic mass is 31.2. The third-order valence-electron chi connectivity index (χ3n) is 4.18. The molecule has 4 atom stereocenters. The van der Waals surface area contributed by atoms with Gasteiger partial charge in [0, 0.05) is 18.8 Å². The summed E-state index contributed by atoms with van der Waals surface area (Å²) in [5.74, 6) is 0. The van der Waals surface area contributed by atoms with Gasteiger partial charge in [-0.25, -0.2) is 9.36 Å². The molecule has 4 N–H and O–H groups in total. The first kappa shape index (κ1) is 18.4. The number of phosphoric acid groups is 1. The first-order valence-electron chi connectivity index (χ1n) is 7.28. The molecule has 1 aromatic rings. The van der Waals surface area contributed by atoms with Crippen LogP contribution < -0.4 is 11.2 Å². The smallest absolute Gasteiger partial charge is 0.387 e. The molecule has 0 aliphatic carbocycles. The standard InChI is InChI=1S/C12H18N3O9P/c1-6-3-15(11(18)13-9(6)17)10-7-8(16)12(23-10,4-14(2)24-7)5-22-25(19,20)21/h3,7-8,10,16H,4-5H2,1-2H3,(H,13,17,18)(H2,19,20,21)/t7-,8+,10-,12-/m1/s1. The molecule has 0 spiro atoms. The first-order valence-corrected chi connectivity index (χ1v) is 8.81. The number of hydrogen-bond donors (Lipinski definition) is 4. The quantitative estimate of drug-likeness (QED) is 0.423. The van der Waals surface area contributed by atoms with Gasteiger partial charge in [-0.3, -0.25) is 23.7 Å². The number of aliphatic hydroxyl groups excluding tert-OH is 1. The van der Waals surface area contributed by atoms with Crippen molar-refractivity contribution >= 4 is 7.82 Å². The number of likely N-dealkylation sites (N-methyl/N-ethyl adjacent to an activating group) is 1. The molecule has 1 aromatic heterocycles. The first-order chi connectivity index (χ1) is 11.5. The minimum absolute atomic E-state index is 0.0573. The van der Waals surface area contributed by atoms with Crippen molar-refractivity contribution in [3.05, 3.63) is 32.6 Å². The third-order valence-corrected chi connectivity index (χ3v) is 4.64. The van der Waals surface area contributed by atoms with Gasteiger partial charge in [-0.05, 0) is 6.92 Å². The Balaban J connectivity index is 1.99. The van der Waals surface area contributed by atoms with Crippen LogP contribution in [0.4, 0.5) is 0 Å². The largest absolute Gasteiger partial charge is 0.469 e. The molecule has 0 radical (unpaired) electrons. The van der Waals surface area contributed by atoms with Crippen LogP contribution in [-0.2, 0) is 18.7 Å². The number of aromatic nitrogens is 2. The second-order valence-electron chi connectivity index (χ2n) is 6.12. The number of nitrogens with zero attached hydrogens (tertiary/aromatic N) is 2. The highest BCUT2D eigenvalue weighted by Crippen LogP contribution is 2.46. The summed E-state index contributed by atoms with van der Waals surface area (Å²) in [6.07, 6.45) is -2.22. The van der Waals surface area contributed by atoms with Crippen molar-refractivity contribution in [3.63, 3.8) is 0 Å². The molecule has 12 nitrogen and oxygen atoms in total. The van der Waals surface area contributed by atoms with Gasteiger partial charge in [-0.15, -0.1) is 0 Å². The monoisotopic (exact) mass is 379 g/mol. The summed E-state index contributed by atoms with van der Waals surface area (Å²) in [5, 5.41) is 11.8. The van der Waals surface area contributed by atoms with Crippen molar-refractivity contribution in [2.45, 2.75) is 31.0 Å². The Hall–Kier alpha value is -1.37. The molecule has 2 aliphatic heterocycles. The molecular formula is C12H18N3O9P. The molecule has 2 saturated heterocycles. The number of phosphoric ester groups is 1. The predicted octanol–water partition coefficient (Wildman–Crippen LogP) is -2.17. The van der Waals surface area contributed by atoms with E-state index in [2.05, 4.69) is 9.51 Å². The fraction of sp³-hybridized carbons (Fsp3) is 0.667. The number of rotatable bonds is 4. The van der Waals surface area contributed by atoms with Gasteiger partial charge < -0.3 is 19.6 Å². The maximum absolute atomic E-state index is 12.1. The van der Waals surface area contributed by atoms with Crippen molar-refractivity contribution in [2.75, 3.05) is 20.2 Å². The summed E-state index contributed by atoms with van der Waals surface area (Å²) in [5.41, 5.74) is -2.60. The van der Waals surface area contributed by atoms with Crippen LogP contribution in [0.5, 0.6) is 0 Å². The number of aliphatic hydroxyl groups is 1. The zero-order chi connectivity index (χ0) is 18.6. The van der Waals surface area contributed by atoms with E-state index in [1.165, 1.54) is 25.2 Å². The van der Waals surface area contributed by atoms with E-state index in [1.807, 2.05) is 0 Å². The molecule has 0 unspecified atom stereocenters. The molecule has 2 fully saturated rings. The van der Waals surface area contributed by atoms with Crippen LogP contribution >= 0.6 is 7.82 Å². The summed E-state index contributed by atoms with van der Waals surface area (Å²) in [6.45, 7) is 0.820. The van der Waals surface area contributed by atoms with Crippen LogP contribution in [0.1, 0.15) is 11.8 Å². The minimum Gasteiger partial charge on any atom is -0.387 e. The van der Waals surface area contributed by atoms with E-state index in [0.29, 0.717) is 0 Å². The van der Waals surface area contributed by atoms with Crippen molar-refractivity contribution < 1.29 is 33.6 Å². The maximum atomic E-state index is 12.1. The van der Waals surface area contributed by atoms with E-state index >= 15 is 0 Å². The zero-order valence-electron chi connectivity index (χ0n) is 13.4. The molecule has 0 saturated carbocycles. The molecule has 25 heavy (non-hydrogen) atoms. The van der Waals surface area contributed by atoms with Crippen molar-refractivity contribution in [3.8, 4) is 0 Å². The van der Waals surface area contributed by atoms with Crippen LogP contribution in [0.25, 0.3) is 0 Å². The van der Waals surface area contributed by atoms with E-state index in [9.17, 15) is 19.3 Å². The van der Waals surface area contributed by atoms with E-state index < -0.39 is 49.7 Å². The molecule has 0 amide bonds. The third kappa shape index (κ3) is 3.35. The number of hydrogen-bond acceptors (Lipinski definition) is 8. The van der Waals surface area contributed by atoms with E-state index in [-0.39, 0.29) is 12.1 Å². The lowest BCUT2D eigenvalue weighted by Gasteiger charge is -2.39. The number of nitrogens with one attached hydrogen (secondary N) is 1. The highest BCUT2D eigenvalue weighted by molar-refractivity contribution is 7.46. The number of aryl methyl sites for hydroxylation is 1. The summed E-state index contributed by atoms with van der Waals surface area (Å²) < 4.78 is 22.4. The molecule has 0 aromatic carbocycles. The Kier molecular flexibility index (Phi) is 4.50. The van der Waals surface area contributed by atoms with E-state index in [4.69, 9.17) is 19.4 Å². The lowest BCUT2D eigenvalue weighted by Crippen LogP contribution is -2.59. The number of aromatic amines is 1. The van der Waals surface area contributed by atoms with Crippen LogP contribution in [0, 0.1) is 6.92 Å². The van der Waals surface area contributed by atoms with Gasteiger partial charge in [0.1, 0.15) is 11.7 Å². The van der Waals surface area contributed by atoms with Crippen molar-refractivity contribution in [2.24, 2.45) is 0 Å². The highest BCUT2D eigenvalue weighted by Gasteiger charge is 2.61. The zero-order valence-corrected chi connectivity index (χ0v) is 14.3. The van der Waals surface area contributed by atoms with Crippen LogP contribution in [0.15, 0.2) is 15.8 Å². The molecule has 13 heteroatoms. The second kappa shape index (κ2) is 6.11. The van der Waals surface area contributed by atoms with Crippen molar-refractivity contribution in [1.29, 1.82) is 0 Å². The van der Waals surface area contributed by atoms with Crippen LogP contribution in [0.2, 0.25) is 0 Å². The van der Waals surface area contributed by atoms with Crippen LogP contribution in [-0.4, -0.2) is 67.5 Å². The average Bonchev–Trinajstić information content (AvgIpc) is 2.65. The Bertz CT molecular complexity index is 832. The Morgan fingerprint density at radius 2 is 2.16 bits per heavy atom. The van der Waals surface area contributed by atoms with Crippen molar-refractivity contribution in [1.82, 2.24) is 14.6 Å². The Labute approximate surface area is 140 Å². The number of hydroxylamine groups is 2. The average molecular weight is 379 g/mol. The molecule has 2 aliphatic rings. The van der Waals surface area contributed by atoms with Gasteiger partial charge in [0.2, 0.25) is 0 Å². The summed E-state index contributed by atoms with van der Waals surface area (Å²) >= 11 is 0. The topological polar surface area (TPSA) is 164 Å². The Morgan fingerprint density at radius 1 is 1.48 bits per heavy atom. The summed E-state index contributed by atoms with van der Waals surface area (Å²) in [6, 6.07) is 0. The molecular weight excluding hydrogens is 361 g/mol.